The predicted molar refractivity (Wildman–Crippen MR) is 108 cm³/mol. The lowest BCUT2D eigenvalue weighted by Gasteiger charge is -2.44. The molecule has 140 valence electrons. The summed E-state index contributed by atoms with van der Waals surface area (Å²) in [5, 5.41) is 9.55. The number of hydrogen-bond donors (Lipinski definition) is 1. The third-order valence-corrected chi connectivity index (χ3v) is 5.85. The first kappa shape index (κ1) is 17.8. The standard InChI is InChI=1S/C22H27N5/c1-16-20-10-4-5-11-21(20)25-22(26-12-6-9-19(24)15-26)27(16)14-18-8-3-2-7-17(18)13-23/h2-5,8,11,17,19-20H,1,6-7,9-10,12,14-15,24H2. The third-order valence-electron chi connectivity index (χ3n) is 5.85. The van der Waals surface area contributed by atoms with Gasteiger partial charge in [-0.05, 0) is 37.3 Å². The van der Waals surface area contributed by atoms with Gasteiger partial charge in [0.05, 0.1) is 17.7 Å². The Bertz CT molecular complexity index is 807. The maximum absolute atomic E-state index is 9.55. The van der Waals surface area contributed by atoms with E-state index in [1.807, 2.05) is 0 Å². The average molecular weight is 361 g/mol. The molecule has 0 amide bonds. The Hall–Kier alpha value is -2.58. The van der Waals surface area contributed by atoms with Crippen LogP contribution in [0.5, 0.6) is 0 Å². The van der Waals surface area contributed by atoms with Crippen LogP contribution in [0.3, 0.4) is 0 Å². The van der Waals surface area contributed by atoms with Gasteiger partial charge in [0.25, 0.3) is 0 Å². The van der Waals surface area contributed by atoms with Crippen LogP contribution in [0.25, 0.3) is 0 Å². The first-order valence-corrected chi connectivity index (χ1v) is 9.85. The zero-order valence-corrected chi connectivity index (χ0v) is 15.7. The van der Waals surface area contributed by atoms with Crippen LogP contribution in [0, 0.1) is 23.2 Å². The van der Waals surface area contributed by atoms with Gasteiger partial charge in [-0.25, -0.2) is 4.99 Å². The molecule has 4 rings (SSSR count). The maximum Gasteiger partial charge on any atom is 0.206 e. The van der Waals surface area contributed by atoms with Gasteiger partial charge in [-0.2, -0.15) is 5.26 Å². The Morgan fingerprint density at radius 3 is 2.89 bits per heavy atom. The molecule has 2 aliphatic heterocycles. The minimum Gasteiger partial charge on any atom is -0.341 e. The average Bonchev–Trinajstić information content (AvgIpc) is 2.70. The van der Waals surface area contributed by atoms with Crippen LogP contribution in [0.1, 0.15) is 25.7 Å². The number of nitriles is 1. The SMILES string of the molecule is C=C1C2CC=CC=C2N=C(N2CCCC(N)C2)N1CC1=CC=CCC1C#N. The first-order chi connectivity index (χ1) is 13.2. The predicted octanol–water partition coefficient (Wildman–Crippen LogP) is 3.08. The summed E-state index contributed by atoms with van der Waals surface area (Å²) in [6.45, 7) is 6.89. The highest BCUT2D eigenvalue weighted by Crippen LogP contribution is 2.36. The molecule has 5 heteroatoms. The van der Waals surface area contributed by atoms with E-state index in [-0.39, 0.29) is 17.9 Å². The highest BCUT2D eigenvalue weighted by molar-refractivity contribution is 5.85. The fourth-order valence-corrected chi connectivity index (χ4v) is 4.29. The van der Waals surface area contributed by atoms with E-state index in [0.29, 0.717) is 6.54 Å². The molecular formula is C22H27N5. The number of nitrogens with two attached hydrogens (primary N) is 1. The van der Waals surface area contributed by atoms with Crippen LogP contribution in [-0.2, 0) is 0 Å². The third kappa shape index (κ3) is 3.50. The Morgan fingerprint density at radius 2 is 2.07 bits per heavy atom. The van der Waals surface area contributed by atoms with Crippen molar-refractivity contribution >= 4 is 5.96 Å². The minimum absolute atomic E-state index is 0.0733. The molecule has 2 aliphatic carbocycles. The molecule has 1 fully saturated rings. The molecule has 0 aromatic carbocycles. The van der Waals surface area contributed by atoms with E-state index in [1.54, 1.807) is 0 Å². The molecule has 0 saturated carbocycles. The van der Waals surface area contributed by atoms with Crippen LogP contribution in [0.4, 0.5) is 0 Å². The quantitative estimate of drug-likeness (QED) is 0.821. The number of hydrogen-bond acceptors (Lipinski definition) is 5. The normalized spacial score (nSPS) is 30.3. The van der Waals surface area contributed by atoms with Crippen molar-refractivity contribution in [3.63, 3.8) is 0 Å². The maximum atomic E-state index is 9.55. The Balaban J connectivity index is 1.68. The zero-order valence-electron chi connectivity index (χ0n) is 15.7. The van der Waals surface area contributed by atoms with E-state index in [0.717, 1.165) is 61.7 Å². The van der Waals surface area contributed by atoms with Gasteiger partial charge in [0.1, 0.15) is 0 Å². The number of aliphatic imine (C=N–C) groups is 1. The van der Waals surface area contributed by atoms with Crippen molar-refractivity contribution in [1.29, 1.82) is 5.26 Å². The Morgan fingerprint density at radius 1 is 1.26 bits per heavy atom. The van der Waals surface area contributed by atoms with E-state index in [9.17, 15) is 5.26 Å². The molecule has 2 heterocycles. The molecule has 4 aliphatic rings. The number of rotatable bonds is 2. The molecule has 0 spiro atoms. The molecular weight excluding hydrogens is 334 g/mol. The summed E-state index contributed by atoms with van der Waals surface area (Å²) >= 11 is 0. The summed E-state index contributed by atoms with van der Waals surface area (Å²) in [7, 11) is 0. The number of fused-ring (bicyclic) bond motifs is 1. The first-order valence-electron chi connectivity index (χ1n) is 9.85. The van der Waals surface area contributed by atoms with E-state index < -0.39 is 0 Å². The molecule has 0 radical (unpaired) electrons. The number of likely N-dealkylation sites (tertiary alicyclic amines) is 1. The van der Waals surface area contributed by atoms with Gasteiger partial charge in [0, 0.05) is 37.3 Å². The fourth-order valence-electron chi connectivity index (χ4n) is 4.29. The summed E-state index contributed by atoms with van der Waals surface area (Å²) in [6, 6.07) is 2.62. The lowest BCUT2D eigenvalue weighted by Crippen LogP contribution is -2.54. The van der Waals surface area contributed by atoms with Crippen molar-refractivity contribution < 1.29 is 0 Å². The number of piperidine rings is 1. The molecule has 2 N–H and O–H groups in total. The second-order valence-electron chi connectivity index (χ2n) is 7.73. The van der Waals surface area contributed by atoms with Crippen molar-refractivity contribution in [2.24, 2.45) is 22.6 Å². The van der Waals surface area contributed by atoms with E-state index >= 15 is 0 Å². The van der Waals surface area contributed by atoms with E-state index in [2.05, 4.69) is 58.9 Å². The van der Waals surface area contributed by atoms with Crippen molar-refractivity contribution in [3.8, 4) is 6.07 Å². The molecule has 3 unspecified atom stereocenters. The van der Waals surface area contributed by atoms with Gasteiger partial charge in [-0.15, -0.1) is 0 Å². The minimum atomic E-state index is -0.0733. The molecule has 27 heavy (non-hydrogen) atoms. The second kappa shape index (κ2) is 7.58. The van der Waals surface area contributed by atoms with Gasteiger partial charge >= 0.3 is 0 Å². The Labute approximate surface area is 161 Å². The van der Waals surface area contributed by atoms with Gasteiger partial charge in [0.15, 0.2) is 0 Å². The van der Waals surface area contributed by atoms with E-state index in [4.69, 9.17) is 10.7 Å². The lowest BCUT2D eigenvalue weighted by atomic mass is 9.89. The molecule has 5 nitrogen and oxygen atoms in total. The van der Waals surface area contributed by atoms with Crippen LogP contribution in [0.15, 0.2) is 65.0 Å². The number of nitrogens with zero attached hydrogens (tertiary/aromatic N) is 4. The van der Waals surface area contributed by atoms with E-state index in [1.165, 1.54) is 0 Å². The number of guanidine groups is 1. The van der Waals surface area contributed by atoms with Gasteiger partial charge in [0.2, 0.25) is 5.96 Å². The van der Waals surface area contributed by atoms with Crippen LogP contribution in [-0.4, -0.2) is 41.4 Å². The number of allylic oxidation sites excluding steroid dienone is 6. The topological polar surface area (TPSA) is 68.7 Å². The molecule has 0 aromatic rings. The molecule has 0 aromatic heterocycles. The highest BCUT2D eigenvalue weighted by atomic mass is 15.4. The van der Waals surface area contributed by atoms with Gasteiger partial charge in [-0.3, -0.25) is 0 Å². The van der Waals surface area contributed by atoms with Crippen LogP contribution < -0.4 is 5.73 Å². The molecule has 1 saturated heterocycles. The largest absolute Gasteiger partial charge is 0.341 e. The fraction of sp³-hybridized carbons (Fsp3) is 0.455. The monoisotopic (exact) mass is 361 g/mol. The highest BCUT2D eigenvalue weighted by Gasteiger charge is 2.35. The van der Waals surface area contributed by atoms with Crippen molar-refractivity contribution in [2.75, 3.05) is 19.6 Å². The molecule has 0 bridgehead atoms. The van der Waals surface area contributed by atoms with Crippen LogP contribution in [0.2, 0.25) is 0 Å². The van der Waals surface area contributed by atoms with Gasteiger partial charge < -0.3 is 15.5 Å². The smallest absolute Gasteiger partial charge is 0.206 e. The summed E-state index contributed by atoms with van der Waals surface area (Å²) < 4.78 is 0. The van der Waals surface area contributed by atoms with Crippen molar-refractivity contribution in [1.82, 2.24) is 9.80 Å². The zero-order chi connectivity index (χ0) is 18.8. The Kier molecular flexibility index (Phi) is 5.00. The lowest BCUT2D eigenvalue weighted by molar-refractivity contribution is 0.268. The second-order valence-corrected chi connectivity index (χ2v) is 7.73. The summed E-state index contributed by atoms with van der Waals surface area (Å²) in [5.74, 6) is 1.09. The summed E-state index contributed by atoms with van der Waals surface area (Å²) in [4.78, 5) is 9.58. The summed E-state index contributed by atoms with van der Waals surface area (Å²) in [5.41, 5.74) is 9.53. The molecule has 3 atom stereocenters. The van der Waals surface area contributed by atoms with Gasteiger partial charge in [-0.1, -0.05) is 37.0 Å². The summed E-state index contributed by atoms with van der Waals surface area (Å²) in [6.07, 6.45) is 16.4. The van der Waals surface area contributed by atoms with Crippen molar-refractivity contribution in [2.45, 2.75) is 31.7 Å². The van der Waals surface area contributed by atoms with Crippen LogP contribution >= 0.6 is 0 Å². The van der Waals surface area contributed by atoms with Crippen molar-refractivity contribution in [3.05, 3.63) is 60.0 Å².